The highest BCUT2D eigenvalue weighted by molar-refractivity contribution is 5.93. The number of rotatable bonds is 17. The Bertz CT molecular complexity index is 1430. The minimum Gasteiger partial charge on any atom is -0.459 e. The zero-order valence-electron chi connectivity index (χ0n) is 27.9. The van der Waals surface area contributed by atoms with E-state index in [4.69, 9.17) is 9.47 Å². The molecule has 1 saturated heterocycles. The van der Waals surface area contributed by atoms with Crippen LogP contribution in [0.15, 0.2) is 91.0 Å². The monoisotopic (exact) mass is 656 g/mol. The number of nitrogens with one attached hydrogen (secondary N) is 3. The van der Waals surface area contributed by atoms with Crippen molar-refractivity contribution in [2.24, 2.45) is 5.92 Å². The molecule has 1 heterocycles. The number of benzene rings is 3. The van der Waals surface area contributed by atoms with Crippen LogP contribution in [0.3, 0.4) is 0 Å². The molecule has 256 valence electrons. The molecule has 3 aromatic rings. The van der Waals surface area contributed by atoms with Gasteiger partial charge in [0, 0.05) is 19.5 Å². The standard InChI is InChI=1S/C38H48N4O6/c1-28(2)24-33(37(45)41-34(25-30-14-8-4-9-15-30)38(46)48-27-31-16-10-5-11-17-31)40-36(44)32(19-18-29-12-6-3-7-13-29)39-35(43)26-42-20-22-47-23-21-42/h3-17,28,32-34H,18-27H2,1-2H3,(H,39,43)(H,40,44)(H,41,45)/t32-,33-,34-/m0/s1. The fourth-order valence-corrected chi connectivity index (χ4v) is 5.55. The van der Waals surface area contributed by atoms with Crippen molar-refractivity contribution < 1.29 is 28.7 Å². The summed E-state index contributed by atoms with van der Waals surface area (Å²) in [4.78, 5) is 56.1. The lowest BCUT2D eigenvalue weighted by Crippen LogP contribution is -2.57. The largest absolute Gasteiger partial charge is 0.459 e. The van der Waals surface area contributed by atoms with Crippen LogP contribution in [0.2, 0.25) is 0 Å². The average molecular weight is 657 g/mol. The van der Waals surface area contributed by atoms with Crippen LogP contribution in [-0.4, -0.2) is 79.6 Å². The first-order valence-electron chi connectivity index (χ1n) is 16.8. The summed E-state index contributed by atoms with van der Waals surface area (Å²) in [6.45, 7) is 6.54. The van der Waals surface area contributed by atoms with Gasteiger partial charge < -0.3 is 25.4 Å². The van der Waals surface area contributed by atoms with Gasteiger partial charge in [-0.1, -0.05) is 105 Å². The van der Waals surface area contributed by atoms with Gasteiger partial charge in [-0.05, 0) is 41.9 Å². The Balaban J connectivity index is 1.46. The molecular weight excluding hydrogens is 608 g/mol. The van der Waals surface area contributed by atoms with E-state index in [1.807, 2.05) is 110 Å². The quantitative estimate of drug-likeness (QED) is 0.190. The molecule has 0 saturated carbocycles. The summed E-state index contributed by atoms with van der Waals surface area (Å²) in [5, 5.41) is 8.69. The summed E-state index contributed by atoms with van der Waals surface area (Å²) < 4.78 is 11.0. The van der Waals surface area contributed by atoms with Crippen molar-refractivity contribution in [3.63, 3.8) is 0 Å². The molecule has 48 heavy (non-hydrogen) atoms. The third kappa shape index (κ3) is 12.6. The van der Waals surface area contributed by atoms with Gasteiger partial charge in [0.25, 0.3) is 0 Å². The molecule has 3 aromatic carbocycles. The van der Waals surface area contributed by atoms with Crippen molar-refractivity contribution in [1.29, 1.82) is 0 Å². The maximum absolute atomic E-state index is 13.8. The topological polar surface area (TPSA) is 126 Å². The summed E-state index contributed by atoms with van der Waals surface area (Å²) >= 11 is 0. The van der Waals surface area contributed by atoms with Crippen LogP contribution < -0.4 is 16.0 Å². The highest BCUT2D eigenvalue weighted by Gasteiger charge is 2.31. The van der Waals surface area contributed by atoms with Crippen molar-refractivity contribution >= 4 is 23.7 Å². The van der Waals surface area contributed by atoms with E-state index in [9.17, 15) is 19.2 Å². The second-order valence-corrected chi connectivity index (χ2v) is 12.6. The minimum atomic E-state index is -0.975. The lowest BCUT2D eigenvalue weighted by atomic mass is 10.00. The molecule has 1 aliphatic heterocycles. The molecule has 0 unspecified atom stereocenters. The Morgan fingerprint density at radius 3 is 1.85 bits per heavy atom. The van der Waals surface area contributed by atoms with Crippen LogP contribution in [-0.2, 0) is 48.1 Å². The van der Waals surface area contributed by atoms with Crippen molar-refractivity contribution in [2.75, 3.05) is 32.8 Å². The van der Waals surface area contributed by atoms with Gasteiger partial charge >= 0.3 is 5.97 Å². The number of aryl methyl sites for hydroxylation is 1. The first-order valence-corrected chi connectivity index (χ1v) is 16.8. The number of carbonyl (C=O) groups is 4. The number of carbonyl (C=O) groups excluding carboxylic acids is 4. The number of amides is 3. The SMILES string of the molecule is CC(C)C[C@H](NC(=O)[C@H](CCc1ccccc1)NC(=O)CN1CCOCC1)C(=O)N[C@@H](Cc1ccccc1)C(=O)OCc1ccccc1. The fraction of sp³-hybridized carbons (Fsp3) is 0.421. The van der Waals surface area contributed by atoms with E-state index in [1.165, 1.54) is 0 Å². The Hall–Kier alpha value is -4.54. The first-order chi connectivity index (χ1) is 23.3. The van der Waals surface area contributed by atoms with E-state index < -0.39 is 35.9 Å². The average Bonchev–Trinajstić information content (AvgIpc) is 3.10. The number of esters is 1. The second kappa shape index (κ2) is 19.3. The molecule has 10 heteroatoms. The zero-order chi connectivity index (χ0) is 34.1. The van der Waals surface area contributed by atoms with Crippen LogP contribution in [0, 0.1) is 5.92 Å². The van der Waals surface area contributed by atoms with E-state index in [0.29, 0.717) is 45.6 Å². The first kappa shape index (κ1) is 36.3. The lowest BCUT2D eigenvalue weighted by Gasteiger charge is -2.28. The molecule has 3 amide bonds. The van der Waals surface area contributed by atoms with Gasteiger partial charge in [-0.3, -0.25) is 19.3 Å². The Morgan fingerprint density at radius 1 is 0.708 bits per heavy atom. The normalized spacial score (nSPS) is 15.1. The smallest absolute Gasteiger partial charge is 0.329 e. The van der Waals surface area contributed by atoms with Crippen LogP contribution in [0.1, 0.15) is 43.4 Å². The van der Waals surface area contributed by atoms with Crippen molar-refractivity contribution in [1.82, 2.24) is 20.9 Å². The van der Waals surface area contributed by atoms with Crippen LogP contribution in [0.5, 0.6) is 0 Å². The second-order valence-electron chi connectivity index (χ2n) is 12.6. The van der Waals surface area contributed by atoms with Crippen LogP contribution in [0.25, 0.3) is 0 Å². The zero-order valence-corrected chi connectivity index (χ0v) is 27.9. The fourth-order valence-electron chi connectivity index (χ4n) is 5.55. The van der Waals surface area contributed by atoms with Gasteiger partial charge in [0.05, 0.1) is 19.8 Å². The Kier molecular flexibility index (Phi) is 14.6. The van der Waals surface area contributed by atoms with E-state index in [-0.39, 0.29) is 31.4 Å². The summed E-state index contributed by atoms with van der Waals surface area (Å²) in [5.74, 6) is -1.72. The molecule has 0 bridgehead atoms. The van der Waals surface area contributed by atoms with Crippen molar-refractivity contribution in [3.05, 3.63) is 108 Å². The van der Waals surface area contributed by atoms with Gasteiger partial charge in [0.1, 0.15) is 24.7 Å². The third-order valence-corrected chi connectivity index (χ3v) is 8.13. The number of hydrogen-bond donors (Lipinski definition) is 3. The number of morpholine rings is 1. The highest BCUT2D eigenvalue weighted by atomic mass is 16.5. The summed E-state index contributed by atoms with van der Waals surface area (Å²) in [5.41, 5.74) is 2.72. The molecule has 1 aliphatic rings. The lowest BCUT2D eigenvalue weighted by molar-refractivity contribution is -0.149. The molecular formula is C38H48N4O6. The van der Waals surface area contributed by atoms with E-state index in [0.717, 1.165) is 16.7 Å². The molecule has 0 aliphatic carbocycles. The summed E-state index contributed by atoms with van der Waals surface area (Å²) in [6, 6.07) is 25.7. The highest BCUT2D eigenvalue weighted by Crippen LogP contribution is 2.12. The minimum absolute atomic E-state index is 0.0531. The van der Waals surface area contributed by atoms with Gasteiger partial charge in [0.2, 0.25) is 17.7 Å². The molecule has 0 spiro atoms. The van der Waals surface area contributed by atoms with Crippen LogP contribution >= 0.6 is 0 Å². The van der Waals surface area contributed by atoms with Crippen molar-refractivity contribution in [2.45, 2.75) is 64.3 Å². The van der Waals surface area contributed by atoms with E-state index >= 15 is 0 Å². The number of ether oxygens (including phenoxy) is 2. The molecule has 3 N–H and O–H groups in total. The predicted molar refractivity (Wildman–Crippen MR) is 184 cm³/mol. The van der Waals surface area contributed by atoms with Crippen molar-refractivity contribution in [3.8, 4) is 0 Å². The number of hydrogen-bond acceptors (Lipinski definition) is 7. The summed E-state index contributed by atoms with van der Waals surface area (Å²) in [7, 11) is 0. The van der Waals surface area contributed by atoms with Gasteiger partial charge in [-0.25, -0.2) is 4.79 Å². The van der Waals surface area contributed by atoms with E-state index in [1.54, 1.807) is 0 Å². The maximum Gasteiger partial charge on any atom is 0.329 e. The van der Waals surface area contributed by atoms with Gasteiger partial charge in [-0.2, -0.15) is 0 Å². The third-order valence-electron chi connectivity index (χ3n) is 8.13. The molecule has 4 rings (SSSR count). The number of nitrogens with zero attached hydrogens (tertiary/aromatic N) is 1. The van der Waals surface area contributed by atoms with E-state index in [2.05, 4.69) is 16.0 Å². The summed E-state index contributed by atoms with van der Waals surface area (Å²) in [6.07, 6.45) is 1.47. The maximum atomic E-state index is 13.8. The van der Waals surface area contributed by atoms with Crippen LogP contribution in [0.4, 0.5) is 0 Å². The molecule has 3 atom stereocenters. The molecule has 1 fully saturated rings. The van der Waals surface area contributed by atoms with Gasteiger partial charge in [0.15, 0.2) is 0 Å². The molecule has 0 aromatic heterocycles. The Labute approximate surface area is 283 Å². The molecule has 10 nitrogen and oxygen atoms in total. The molecule has 0 radical (unpaired) electrons. The van der Waals surface area contributed by atoms with Gasteiger partial charge in [-0.15, -0.1) is 0 Å². The predicted octanol–water partition coefficient (Wildman–Crippen LogP) is 3.44. The Morgan fingerprint density at radius 2 is 1.25 bits per heavy atom.